The number of nitrogens with one attached hydrogen (secondary N) is 1. The van der Waals surface area contributed by atoms with E-state index in [0.29, 0.717) is 12.6 Å². The van der Waals surface area contributed by atoms with Gasteiger partial charge in [-0.1, -0.05) is 12.1 Å². The third kappa shape index (κ3) is 4.16. The van der Waals surface area contributed by atoms with Gasteiger partial charge in [-0.25, -0.2) is 4.79 Å². The molecule has 0 aromatic heterocycles. The number of carbonyl (C=O) groups excluding carboxylic acids is 1. The minimum absolute atomic E-state index is 0.0718. The van der Waals surface area contributed by atoms with Crippen molar-refractivity contribution in [2.45, 2.75) is 38.3 Å². The Kier molecular flexibility index (Phi) is 5.39. The molecule has 5 nitrogen and oxygen atoms in total. The Morgan fingerprint density at radius 3 is 2.61 bits per heavy atom. The van der Waals surface area contributed by atoms with Crippen LogP contribution in [0.1, 0.15) is 31.2 Å². The lowest BCUT2D eigenvalue weighted by atomic mass is 10.2. The number of likely N-dealkylation sites (tertiary alicyclic amines) is 2. The fourth-order valence-electron chi connectivity index (χ4n) is 3.58. The van der Waals surface area contributed by atoms with Crippen LogP contribution >= 0.6 is 0 Å². The van der Waals surface area contributed by atoms with Crippen LogP contribution in [0.4, 0.5) is 4.79 Å². The van der Waals surface area contributed by atoms with Crippen LogP contribution in [0.2, 0.25) is 0 Å². The number of hydrogen-bond donors (Lipinski definition) is 1. The van der Waals surface area contributed by atoms with E-state index in [1.165, 1.54) is 25.9 Å². The molecule has 1 aromatic rings. The average molecular weight is 317 g/mol. The summed E-state index contributed by atoms with van der Waals surface area (Å²) < 4.78 is 5.15. The summed E-state index contributed by atoms with van der Waals surface area (Å²) in [7, 11) is 1.66. The molecule has 2 saturated heterocycles. The molecule has 0 bridgehead atoms. The van der Waals surface area contributed by atoms with Gasteiger partial charge in [-0.15, -0.1) is 0 Å². The van der Waals surface area contributed by atoms with Gasteiger partial charge in [0, 0.05) is 25.7 Å². The van der Waals surface area contributed by atoms with Crippen LogP contribution in [0.5, 0.6) is 5.75 Å². The molecule has 0 unspecified atom stereocenters. The number of methoxy groups -OCH3 is 1. The molecule has 2 aliphatic rings. The predicted molar refractivity (Wildman–Crippen MR) is 90.6 cm³/mol. The maximum absolute atomic E-state index is 12.5. The first kappa shape index (κ1) is 16.1. The van der Waals surface area contributed by atoms with Crippen molar-refractivity contribution in [3.63, 3.8) is 0 Å². The Labute approximate surface area is 138 Å². The molecular formula is C18H27N3O2. The number of carbonyl (C=O) groups is 1. The first-order valence-corrected chi connectivity index (χ1v) is 8.66. The number of nitrogens with zero attached hydrogens (tertiary/aromatic N) is 2. The summed E-state index contributed by atoms with van der Waals surface area (Å²) in [6.07, 6.45) is 4.85. The summed E-state index contributed by atoms with van der Waals surface area (Å²) in [5.41, 5.74) is 1.09. The fourth-order valence-corrected chi connectivity index (χ4v) is 3.58. The van der Waals surface area contributed by atoms with Crippen LogP contribution in [0.25, 0.3) is 0 Å². The molecule has 0 aliphatic carbocycles. The molecule has 2 heterocycles. The maximum atomic E-state index is 12.5. The van der Waals surface area contributed by atoms with Crippen molar-refractivity contribution in [3.8, 4) is 5.75 Å². The lowest BCUT2D eigenvalue weighted by molar-refractivity contribution is 0.174. The third-order valence-corrected chi connectivity index (χ3v) is 4.91. The van der Waals surface area contributed by atoms with Gasteiger partial charge >= 0.3 is 6.03 Å². The SMILES string of the molecule is COc1ccc(CNC(=O)N2CCC[C@H]2CN2CCCC2)cc1. The molecule has 2 amide bonds. The van der Waals surface area contributed by atoms with Crippen LogP contribution in [0.15, 0.2) is 24.3 Å². The minimum Gasteiger partial charge on any atom is -0.497 e. The van der Waals surface area contributed by atoms with Crippen molar-refractivity contribution in [2.75, 3.05) is 33.3 Å². The zero-order chi connectivity index (χ0) is 16.1. The first-order chi connectivity index (χ1) is 11.3. The third-order valence-electron chi connectivity index (χ3n) is 4.91. The molecule has 2 fully saturated rings. The first-order valence-electron chi connectivity index (χ1n) is 8.66. The highest BCUT2D eigenvalue weighted by atomic mass is 16.5. The second-order valence-corrected chi connectivity index (χ2v) is 6.50. The van der Waals surface area contributed by atoms with E-state index in [1.807, 2.05) is 29.2 Å². The highest BCUT2D eigenvalue weighted by Gasteiger charge is 2.30. The maximum Gasteiger partial charge on any atom is 0.317 e. The van der Waals surface area contributed by atoms with Gasteiger partial charge in [0.25, 0.3) is 0 Å². The van der Waals surface area contributed by atoms with E-state index in [1.54, 1.807) is 7.11 Å². The zero-order valence-electron chi connectivity index (χ0n) is 14.0. The Hall–Kier alpha value is -1.75. The summed E-state index contributed by atoms with van der Waals surface area (Å²) in [6.45, 7) is 4.87. The quantitative estimate of drug-likeness (QED) is 0.907. The van der Waals surface area contributed by atoms with Crippen LogP contribution in [0.3, 0.4) is 0 Å². The lowest BCUT2D eigenvalue weighted by Gasteiger charge is -2.28. The Morgan fingerprint density at radius 2 is 1.91 bits per heavy atom. The van der Waals surface area contributed by atoms with Gasteiger partial charge in [-0.2, -0.15) is 0 Å². The summed E-state index contributed by atoms with van der Waals surface area (Å²) in [5, 5.41) is 3.06. The highest BCUT2D eigenvalue weighted by molar-refractivity contribution is 5.74. The van der Waals surface area contributed by atoms with E-state index in [0.717, 1.165) is 37.2 Å². The Balaban J connectivity index is 1.49. The van der Waals surface area contributed by atoms with E-state index in [9.17, 15) is 4.79 Å². The van der Waals surface area contributed by atoms with Crippen LogP contribution in [-0.2, 0) is 6.54 Å². The predicted octanol–water partition coefficient (Wildman–Crippen LogP) is 2.46. The standard InChI is InChI=1S/C18H27N3O2/c1-23-17-8-6-15(7-9-17)13-19-18(22)21-12-4-5-16(21)14-20-10-2-3-11-20/h6-9,16H,2-5,10-14H2,1H3,(H,19,22)/t16-/m0/s1. The molecule has 5 heteroatoms. The molecular weight excluding hydrogens is 290 g/mol. The van der Waals surface area contributed by atoms with Crippen LogP contribution in [0, 0.1) is 0 Å². The van der Waals surface area contributed by atoms with E-state index >= 15 is 0 Å². The summed E-state index contributed by atoms with van der Waals surface area (Å²) in [5.74, 6) is 0.838. The lowest BCUT2D eigenvalue weighted by Crippen LogP contribution is -2.46. The molecule has 0 spiro atoms. The molecule has 1 aromatic carbocycles. The van der Waals surface area contributed by atoms with Gasteiger partial charge in [-0.3, -0.25) is 0 Å². The van der Waals surface area contributed by atoms with E-state index in [4.69, 9.17) is 4.74 Å². The smallest absolute Gasteiger partial charge is 0.317 e. The minimum atomic E-state index is 0.0718. The van der Waals surface area contributed by atoms with E-state index < -0.39 is 0 Å². The van der Waals surface area contributed by atoms with Crippen molar-refractivity contribution in [1.29, 1.82) is 0 Å². The Morgan fingerprint density at radius 1 is 1.17 bits per heavy atom. The Bertz CT molecular complexity index is 512. The number of amides is 2. The molecule has 23 heavy (non-hydrogen) atoms. The molecule has 0 saturated carbocycles. The van der Waals surface area contributed by atoms with Gasteiger partial charge in [-0.05, 0) is 56.5 Å². The van der Waals surface area contributed by atoms with Gasteiger partial charge in [0.15, 0.2) is 0 Å². The molecule has 126 valence electrons. The molecule has 2 aliphatic heterocycles. The molecule has 1 N–H and O–H groups in total. The molecule has 1 atom stereocenters. The summed E-state index contributed by atoms with van der Waals surface area (Å²) in [6, 6.07) is 8.28. The summed E-state index contributed by atoms with van der Waals surface area (Å²) >= 11 is 0. The number of benzene rings is 1. The summed E-state index contributed by atoms with van der Waals surface area (Å²) in [4.78, 5) is 17.0. The monoisotopic (exact) mass is 317 g/mol. The van der Waals surface area contributed by atoms with E-state index in [2.05, 4.69) is 10.2 Å². The second-order valence-electron chi connectivity index (χ2n) is 6.50. The second kappa shape index (κ2) is 7.68. The number of urea groups is 1. The highest BCUT2D eigenvalue weighted by Crippen LogP contribution is 2.20. The van der Waals surface area contributed by atoms with Crippen molar-refractivity contribution < 1.29 is 9.53 Å². The van der Waals surface area contributed by atoms with Crippen LogP contribution < -0.4 is 10.1 Å². The molecule has 3 rings (SSSR count). The number of rotatable bonds is 5. The number of hydrogen-bond acceptors (Lipinski definition) is 3. The normalized spacial score (nSPS) is 21.6. The van der Waals surface area contributed by atoms with Gasteiger partial charge in [0.1, 0.15) is 5.75 Å². The van der Waals surface area contributed by atoms with Gasteiger partial charge < -0.3 is 19.9 Å². The topological polar surface area (TPSA) is 44.8 Å². The van der Waals surface area contributed by atoms with Crippen molar-refractivity contribution in [3.05, 3.63) is 29.8 Å². The largest absolute Gasteiger partial charge is 0.497 e. The molecule has 0 radical (unpaired) electrons. The van der Waals surface area contributed by atoms with E-state index in [-0.39, 0.29) is 6.03 Å². The van der Waals surface area contributed by atoms with Crippen molar-refractivity contribution in [2.24, 2.45) is 0 Å². The van der Waals surface area contributed by atoms with Gasteiger partial charge in [0.05, 0.1) is 7.11 Å². The van der Waals surface area contributed by atoms with Crippen LogP contribution in [-0.4, -0.2) is 55.2 Å². The zero-order valence-corrected chi connectivity index (χ0v) is 14.0. The fraction of sp³-hybridized carbons (Fsp3) is 0.611. The number of ether oxygens (including phenoxy) is 1. The van der Waals surface area contributed by atoms with Crippen molar-refractivity contribution in [1.82, 2.24) is 15.1 Å². The van der Waals surface area contributed by atoms with Gasteiger partial charge in [0.2, 0.25) is 0 Å². The average Bonchev–Trinajstić information content (AvgIpc) is 3.25. The van der Waals surface area contributed by atoms with Crippen molar-refractivity contribution >= 4 is 6.03 Å².